The molecule has 2 aromatic rings. The molecular formula is C14H12Cl2N2. The van der Waals surface area contributed by atoms with Gasteiger partial charge in [-0.25, -0.2) is 4.99 Å². The molecule has 0 bridgehead atoms. The van der Waals surface area contributed by atoms with Crippen molar-refractivity contribution in [2.45, 2.75) is 6.92 Å². The van der Waals surface area contributed by atoms with Crippen molar-refractivity contribution >= 4 is 34.7 Å². The SMILES string of the molecule is Cc1ccc(N=C(N)c2ccc(Cl)c(Cl)c2)cc1. The van der Waals surface area contributed by atoms with Crippen LogP contribution >= 0.6 is 23.2 Å². The summed E-state index contributed by atoms with van der Waals surface area (Å²) in [5, 5.41) is 0.972. The van der Waals surface area contributed by atoms with E-state index in [1.165, 1.54) is 5.56 Å². The molecular weight excluding hydrogens is 267 g/mol. The van der Waals surface area contributed by atoms with E-state index in [9.17, 15) is 0 Å². The van der Waals surface area contributed by atoms with E-state index in [2.05, 4.69) is 4.99 Å². The lowest BCUT2D eigenvalue weighted by Gasteiger charge is -2.03. The summed E-state index contributed by atoms with van der Waals surface area (Å²) in [4.78, 5) is 4.33. The quantitative estimate of drug-likeness (QED) is 0.644. The monoisotopic (exact) mass is 278 g/mol. The van der Waals surface area contributed by atoms with Crippen LogP contribution in [0.1, 0.15) is 11.1 Å². The van der Waals surface area contributed by atoms with Crippen LogP contribution in [-0.4, -0.2) is 5.84 Å². The molecule has 2 aromatic carbocycles. The highest BCUT2D eigenvalue weighted by Crippen LogP contribution is 2.23. The maximum Gasteiger partial charge on any atom is 0.131 e. The zero-order valence-electron chi connectivity index (χ0n) is 9.82. The van der Waals surface area contributed by atoms with Crippen LogP contribution < -0.4 is 5.73 Å². The number of benzene rings is 2. The Bertz CT molecular complexity index is 589. The minimum Gasteiger partial charge on any atom is -0.383 e. The number of rotatable bonds is 2. The number of hydrogen-bond donors (Lipinski definition) is 1. The van der Waals surface area contributed by atoms with Crippen LogP contribution in [0.5, 0.6) is 0 Å². The number of amidine groups is 1. The Morgan fingerprint density at radius 2 is 1.67 bits per heavy atom. The molecule has 0 saturated heterocycles. The lowest BCUT2D eigenvalue weighted by Crippen LogP contribution is -2.12. The molecule has 0 amide bonds. The van der Waals surface area contributed by atoms with E-state index in [-0.39, 0.29) is 0 Å². The molecule has 0 radical (unpaired) electrons. The molecule has 2 rings (SSSR count). The Hall–Kier alpha value is -1.51. The Balaban J connectivity index is 2.32. The molecule has 0 atom stereocenters. The van der Waals surface area contributed by atoms with Crippen molar-refractivity contribution in [1.82, 2.24) is 0 Å². The second-order valence-electron chi connectivity index (χ2n) is 3.96. The van der Waals surface area contributed by atoms with E-state index in [4.69, 9.17) is 28.9 Å². The first kappa shape index (κ1) is 12.9. The van der Waals surface area contributed by atoms with Gasteiger partial charge < -0.3 is 5.73 Å². The fourth-order valence-corrected chi connectivity index (χ4v) is 1.78. The molecule has 2 N–H and O–H groups in total. The Morgan fingerprint density at radius 1 is 1.00 bits per heavy atom. The van der Waals surface area contributed by atoms with E-state index >= 15 is 0 Å². The van der Waals surface area contributed by atoms with Gasteiger partial charge in [0.05, 0.1) is 15.7 Å². The van der Waals surface area contributed by atoms with Crippen molar-refractivity contribution in [3.8, 4) is 0 Å². The largest absolute Gasteiger partial charge is 0.383 e. The van der Waals surface area contributed by atoms with Gasteiger partial charge in [-0.15, -0.1) is 0 Å². The maximum absolute atomic E-state index is 5.94. The Morgan fingerprint density at radius 3 is 2.28 bits per heavy atom. The summed E-state index contributed by atoms with van der Waals surface area (Å²) in [7, 11) is 0. The van der Waals surface area contributed by atoms with Gasteiger partial charge in [0.15, 0.2) is 0 Å². The predicted octanol–water partition coefficient (Wildman–Crippen LogP) is 4.34. The summed E-state index contributed by atoms with van der Waals surface area (Å²) in [6, 6.07) is 13.0. The van der Waals surface area contributed by atoms with Crippen molar-refractivity contribution in [1.29, 1.82) is 0 Å². The zero-order valence-corrected chi connectivity index (χ0v) is 11.3. The van der Waals surface area contributed by atoms with Crippen LogP contribution in [0.25, 0.3) is 0 Å². The van der Waals surface area contributed by atoms with Crippen molar-refractivity contribution in [3.63, 3.8) is 0 Å². The molecule has 0 aliphatic rings. The highest BCUT2D eigenvalue weighted by Gasteiger charge is 2.03. The summed E-state index contributed by atoms with van der Waals surface area (Å²) in [5.41, 5.74) is 8.68. The maximum atomic E-state index is 5.94. The zero-order chi connectivity index (χ0) is 13.1. The van der Waals surface area contributed by atoms with Gasteiger partial charge in [-0.3, -0.25) is 0 Å². The highest BCUT2D eigenvalue weighted by atomic mass is 35.5. The summed E-state index contributed by atoms with van der Waals surface area (Å²) in [5.74, 6) is 0.414. The lowest BCUT2D eigenvalue weighted by atomic mass is 10.2. The van der Waals surface area contributed by atoms with E-state index in [0.717, 1.165) is 11.3 Å². The third-order valence-electron chi connectivity index (χ3n) is 2.50. The summed E-state index contributed by atoms with van der Waals surface area (Å²) in [6.45, 7) is 2.02. The standard InChI is InChI=1S/C14H12Cl2N2/c1-9-2-5-11(6-3-9)18-14(17)10-4-7-12(15)13(16)8-10/h2-8H,1H3,(H2,17,18). The van der Waals surface area contributed by atoms with Gasteiger partial charge in [-0.05, 0) is 37.3 Å². The van der Waals surface area contributed by atoms with Gasteiger partial charge in [0.25, 0.3) is 0 Å². The summed E-state index contributed by atoms with van der Waals surface area (Å²) < 4.78 is 0. The molecule has 0 unspecified atom stereocenters. The third-order valence-corrected chi connectivity index (χ3v) is 3.24. The molecule has 92 valence electrons. The van der Waals surface area contributed by atoms with Crippen LogP contribution in [0.15, 0.2) is 47.5 Å². The lowest BCUT2D eigenvalue weighted by molar-refractivity contribution is 1.41. The van der Waals surface area contributed by atoms with Crippen molar-refractivity contribution in [3.05, 3.63) is 63.6 Å². The van der Waals surface area contributed by atoms with Crippen molar-refractivity contribution < 1.29 is 0 Å². The van der Waals surface area contributed by atoms with Gasteiger partial charge in [0.2, 0.25) is 0 Å². The molecule has 0 aliphatic carbocycles. The number of halogens is 2. The van der Waals surface area contributed by atoms with E-state index in [1.54, 1.807) is 18.2 Å². The minimum atomic E-state index is 0.414. The Kier molecular flexibility index (Phi) is 3.90. The van der Waals surface area contributed by atoms with E-state index in [1.807, 2.05) is 31.2 Å². The van der Waals surface area contributed by atoms with Crippen LogP contribution in [0.4, 0.5) is 5.69 Å². The third kappa shape index (κ3) is 3.03. The molecule has 2 nitrogen and oxygen atoms in total. The van der Waals surface area contributed by atoms with E-state index in [0.29, 0.717) is 15.9 Å². The molecule has 0 aromatic heterocycles. The number of aliphatic imine (C=N–C) groups is 1. The fraction of sp³-hybridized carbons (Fsp3) is 0.0714. The molecule has 0 fully saturated rings. The predicted molar refractivity (Wildman–Crippen MR) is 78.0 cm³/mol. The molecule has 0 aliphatic heterocycles. The minimum absolute atomic E-state index is 0.414. The number of hydrogen-bond acceptors (Lipinski definition) is 1. The van der Waals surface area contributed by atoms with E-state index < -0.39 is 0 Å². The first-order valence-electron chi connectivity index (χ1n) is 5.42. The van der Waals surface area contributed by atoms with Gasteiger partial charge in [0.1, 0.15) is 5.84 Å². The average Bonchev–Trinajstić information content (AvgIpc) is 2.35. The second kappa shape index (κ2) is 5.42. The van der Waals surface area contributed by atoms with Gasteiger partial charge in [0, 0.05) is 5.56 Å². The average molecular weight is 279 g/mol. The molecule has 0 heterocycles. The van der Waals surface area contributed by atoms with Crippen LogP contribution in [0.2, 0.25) is 10.0 Å². The smallest absolute Gasteiger partial charge is 0.131 e. The highest BCUT2D eigenvalue weighted by molar-refractivity contribution is 6.42. The molecule has 0 spiro atoms. The van der Waals surface area contributed by atoms with Crippen molar-refractivity contribution in [2.24, 2.45) is 10.7 Å². The number of nitrogens with two attached hydrogens (primary N) is 1. The number of nitrogens with zero attached hydrogens (tertiary/aromatic N) is 1. The first-order chi connectivity index (χ1) is 8.56. The van der Waals surface area contributed by atoms with Crippen molar-refractivity contribution in [2.75, 3.05) is 0 Å². The van der Waals surface area contributed by atoms with Crippen LogP contribution in [0.3, 0.4) is 0 Å². The molecule has 18 heavy (non-hydrogen) atoms. The molecule has 4 heteroatoms. The topological polar surface area (TPSA) is 38.4 Å². The normalized spacial score (nSPS) is 11.6. The second-order valence-corrected chi connectivity index (χ2v) is 4.78. The summed E-state index contributed by atoms with van der Waals surface area (Å²) >= 11 is 11.8. The fourth-order valence-electron chi connectivity index (χ4n) is 1.48. The molecule has 0 saturated carbocycles. The van der Waals surface area contributed by atoms with Gasteiger partial charge >= 0.3 is 0 Å². The summed E-state index contributed by atoms with van der Waals surface area (Å²) in [6.07, 6.45) is 0. The Labute approximate surface area is 116 Å². The van der Waals surface area contributed by atoms with Crippen LogP contribution in [0, 0.1) is 6.92 Å². The van der Waals surface area contributed by atoms with Crippen LogP contribution in [-0.2, 0) is 0 Å². The van der Waals surface area contributed by atoms with Gasteiger partial charge in [-0.1, -0.05) is 40.9 Å². The van der Waals surface area contributed by atoms with Gasteiger partial charge in [-0.2, -0.15) is 0 Å². The number of aryl methyl sites for hydroxylation is 1. The first-order valence-corrected chi connectivity index (χ1v) is 6.18.